The zero-order chi connectivity index (χ0) is 7.56. The van der Waals surface area contributed by atoms with Crippen LogP contribution in [-0.2, 0) is 4.74 Å². The molecule has 4 heteroatoms. The molecule has 0 saturated carbocycles. The van der Waals surface area contributed by atoms with Gasteiger partial charge in [0.2, 0.25) is 0 Å². The molecule has 0 aromatic rings. The minimum absolute atomic E-state index is 0.124. The first-order valence-corrected chi connectivity index (χ1v) is 3.63. The first-order chi connectivity index (χ1) is 4.72. The predicted octanol–water partition coefficient (Wildman–Crippen LogP) is 1.07. The summed E-state index contributed by atoms with van der Waals surface area (Å²) >= 11 is 5.28. The second kappa shape index (κ2) is 3.21. The van der Waals surface area contributed by atoms with Gasteiger partial charge < -0.3 is 9.64 Å². The predicted molar refractivity (Wildman–Crippen MR) is 38.2 cm³/mol. The fraction of sp³-hybridized carbons (Fsp3) is 0.833. The minimum atomic E-state index is -0.379. The van der Waals surface area contributed by atoms with Crippen molar-refractivity contribution in [2.75, 3.05) is 19.8 Å². The average Bonchev–Trinajstić information content (AvgIpc) is 1.88. The summed E-state index contributed by atoms with van der Waals surface area (Å²) in [5, 5.41) is -0.379. The molecule has 0 spiro atoms. The van der Waals surface area contributed by atoms with E-state index in [0.29, 0.717) is 19.8 Å². The molecular formula is C6H10ClNO2. The van der Waals surface area contributed by atoms with Gasteiger partial charge in [-0.25, -0.2) is 0 Å². The Morgan fingerprint density at radius 1 is 1.80 bits per heavy atom. The van der Waals surface area contributed by atoms with Gasteiger partial charge in [0.15, 0.2) is 0 Å². The number of halogens is 1. The summed E-state index contributed by atoms with van der Waals surface area (Å²) in [5.74, 6) is 0. The molecule has 0 aliphatic carbocycles. The van der Waals surface area contributed by atoms with Crippen LogP contribution in [0.2, 0.25) is 0 Å². The van der Waals surface area contributed by atoms with Crippen LogP contribution in [0.15, 0.2) is 0 Å². The molecule has 0 N–H and O–H groups in total. The normalized spacial score (nSPS) is 26.6. The number of nitrogens with zero attached hydrogens (tertiary/aromatic N) is 1. The number of carbonyl (C=O) groups excluding carboxylic acids is 1. The van der Waals surface area contributed by atoms with E-state index in [4.69, 9.17) is 16.3 Å². The average molecular weight is 164 g/mol. The van der Waals surface area contributed by atoms with E-state index in [1.165, 1.54) is 0 Å². The molecule has 0 bridgehead atoms. The van der Waals surface area contributed by atoms with Gasteiger partial charge in [-0.1, -0.05) is 0 Å². The zero-order valence-corrected chi connectivity index (χ0v) is 6.60. The first kappa shape index (κ1) is 7.82. The van der Waals surface area contributed by atoms with Crippen LogP contribution in [0.1, 0.15) is 6.92 Å². The largest absolute Gasteiger partial charge is 0.377 e. The Balaban J connectivity index is 2.47. The summed E-state index contributed by atoms with van der Waals surface area (Å²) in [6.07, 6.45) is 0. The summed E-state index contributed by atoms with van der Waals surface area (Å²) in [6, 6.07) is 0.124. The molecule has 58 valence electrons. The maximum absolute atomic E-state index is 10.6. The third kappa shape index (κ3) is 1.61. The quantitative estimate of drug-likeness (QED) is 0.395. The summed E-state index contributed by atoms with van der Waals surface area (Å²) in [4.78, 5) is 12.2. The Bertz CT molecular complexity index is 140. The molecule has 1 aliphatic heterocycles. The molecule has 0 aromatic heterocycles. The monoisotopic (exact) mass is 163 g/mol. The molecule has 0 aromatic carbocycles. The molecule has 10 heavy (non-hydrogen) atoms. The Hall–Kier alpha value is -0.280. The third-order valence-electron chi connectivity index (χ3n) is 1.59. The summed E-state index contributed by atoms with van der Waals surface area (Å²) < 4.78 is 5.11. The van der Waals surface area contributed by atoms with Crippen molar-refractivity contribution in [1.82, 2.24) is 4.90 Å². The molecule has 1 aliphatic rings. The zero-order valence-electron chi connectivity index (χ0n) is 5.84. The van der Waals surface area contributed by atoms with Crippen LogP contribution in [0.4, 0.5) is 4.79 Å². The summed E-state index contributed by atoms with van der Waals surface area (Å²) in [5.41, 5.74) is 0. The Morgan fingerprint density at radius 2 is 2.50 bits per heavy atom. The van der Waals surface area contributed by atoms with Gasteiger partial charge in [-0.3, -0.25) is 4.79 Å². The number of amides is 1. The molecule has 1 rings (SSSR count). The molecule has 1 saturated heterocycles. The van der Waals surface area contributed by atoms with E-state index in [1.54, 1.807) is 4.90 Å². The van der Waals surface area contributed by atoms with E-state index in [1.807, 2.05) is 6.92 Å². The van der Waals surface area contributed by atoms with Crippen LogP contribution in [0, 0.1) is 0 Å². The highest BCUT2D eigenvalue weighted by Crippen LogP contribution is 2.08. The lowest BCUT2D eigenvalue weighted by Gasteiger charge is -2.31. The van der Waals surface area contributed by atoms with Gasteiger partial charge in [-0.15, -0.1) is 0 Å². The van der Waals surface area contributed by atoms with Crippen LogP contribution in [0.3, 0.4) is 0 Å². The van der Waals surface area contributed by atoms with Gasteiger partial charge in [-0.2, -0.15) is 0 Å². The number of ether oxygens (including phenoxy) is 1. The fourth-order valence-electron chi connectivity index (χ4n) is 0.988. The van der Waals surface area contributed by atoms with Crippen molar-refractivity contribution in [3.8, 4) is 0 Å². The number of morpholine rings is 1. The van der Waals surface area contributed by atoms with E-state index >= 15 is 0 Å². The number of rotatable bonds is 0. The van der Waals surface area contributed by atoms with Crippen LogP contribution >= 0.6 is 11.6 Å². The Labute approximate surface area is 64.9 Å². The number of hydrogen-bond acceptors (Lipinski definition) is 2. The molecule has 0 unspecified atom stereocenters. The lowest BCUT2D eigenvalue weighted by molar-refractivity contribution is 0.0246. The van der Waals surface area contributed by atoms with Crippen LogP contribution in [0.25, 0.3) is 0 Å². The Kier molecular flexibility index (Phi) is 2.51. The van der Waals surface area contributed by atoms with Crippen LogP contribution in [0.5, 0.6) is 0 Å². The van der Waals surface area contributed by atoms with Gasteiger partial charge >= 0.3 is 5.37 Å². The van der Waals surface area contributed by atoms with Gasteiger partial charge in [0.05, 0.1) is 19.3 Å². The smallest absolute Gasteiger partial charge is 0.316 e. The SMILES string of the molecule is C[C@H]1COCCN1C(=O)Cl. The molecule has 1 atom stereocenters. The van der Waals surface area contributed by atoms with Crippen molar-refractivity contribution in [1.29, 1.82) is 0 Å². The highest BCUT2D eigenvalue weighted by Gasteiger charge is 2.21. The number of carbonyl (C=O) groups is 1. The maximum Gasteiger partial charge on any atom is 0.316 e. The van der Waals surface area contributed by atoms with E-state index < -0.39 is 0 Å². The molecular weight excluding hydrogens is 154 g/mol. The van der Waals surface area contributed by atoms with Gasteiger partial charge in [-0.05, 0) is 18.5 Å². The standard InChI is InChI=1S/C6H10ClNO2/c1-5-4-10-3-2-8(5)6(7)9/h5H,2-4H2,1H3/t5-/m0/s1. The topological polar surface area (TPSA) is 29.5 Å². The first-order valence-electron chi connectivity index (χ1n) is 3.25. The molecule has 3 nitrogen and oxygen atoms in total. The second-order valence-electron chi connectivity index (χ2n) is 2.37. The van der Waals surface area contributed by atoms with E-state index in [-0.39, 0.29) is 11.4 Å². The summed E-state index contributed by atoms with van der Waals surface area (Å²) in [7, 11) is 0. The van der Waals surface area contributed by atoms with Crippen molar-refractivity contribution < 1.29 is 9.53 Å². The van der Waals surface area contributed by atoms with Crippen molar-refractivity contribution in [2.24, 2.45) is 0 Å². The molecule has 0 radical (unpaired) electrons. The van der Waals surface area contributed by atoms with Crippen LogP contribution < -0.4 is 0 Å². The van der Waals surface area contributed by atoms with E-state index in [0.717, 1.165) is 0 Å². The second-order valence-corrected chi connectivity index (χ2v) is 2.69. The van der Waals surface area contributed by atoms with Gasteiger partial charge in [0, 0.05) is 6.54 Å². The maximum atomic E-state index is 10.6. The van der Waals surface area contributed by atoms with E-state index in [9.17, 15) is 4.79 Å². The van der Waals surface area contributed by atoms with Crippen LogP contribution in [-0.4, -0.2) is 36.1 Å². The molecule has 1 heterocycles. The van der Waals surface area contributed by atoms with Gasteiger partial charge in [0.25, 0.3) is 0 Å². The third-order valence-corrected chi connectivity index (χ3v) is 1.81. The Morgan fingerprint density at radius 3 is 2.90 bits per heavy atom. The fourth-order valence-corrected chi connectivity index (χ4v) is 1.24. The van der Waals surface area contributed by atoms with Gasteiger partial charge in [0.1, 0.15) is 0 Å². The number of hydrogen-bond donors (Lipinski definition) is 0. The minimum Gasteiger partial charge on any atom is -0.377 e. The van der Waals surface area contributed by atoms with Crippen molar-refractivity contribution in [3.63, 3.8) is 0 Å². The molecule has 1 fully saturated rings. The highest BCUT2D eigenvalue weighted by atomic mass is 35.5. The lowest BCUT2D eigenvalue weighted by Crippen LogP contribution is -2.44. The highest BCUT2D eigenvalue weighted by molar-refractivity contribution is 6.62. The molecule has 1 amide bonds. The van der Waals surface area contributed by atoms with E-state index in [2.05, 4.69) is 0 Å². The lowest BCUT2D eigenvalue weighted by atomic mass is 10.3. The van der Waals surface area contributed by atoms with Crippen molar-refractivity contribution in [2.45, 2.75) is 13.0 Å². The summed E-state index contributed by atoms with van der Waals surface area (Å²) in [6.45, 7) is 3.73. The van der Waals surface area contributed by atoms with Crippen molar-refractivity contribution >= 4 is 17.0 Å². The van der Waals surface area contributed by atoms with Crippen molar-refractivity contribution in [3.05, 3.63) is 0 Å².